The fourth-order valence-corrected chi connectivity index (χ4v) is 6.42. The molecule has 0 bridgehead atoms. The fraction of sp³-hybridized carbons (Fsp3) is 0.412. The van der Waals surface area contributed by atoms with Gasteiger partial charge >= 0.3 is 0 Å². The molecule has 0 unspecified atom stereocenters. The lowest BCUT2D eigenvalue weighted by Crippen LogP contribution is -2.59. The quantitative estimate of drug-likeness (QED) is 0.299. The van der Waals surface area contributed by atoms with Gasteiger partial charge in [-0.3, -0.25) is 9.78 Å². The number of carbonyl (C=O) groups excluding carboxylic acids is 1. The molecule has 44 heavy (non-hydrogen) atoms. The number of hydrogen-bond donors (Lipinski definition) is 0. The minimum atomic E-state index is -0.391. The Kier molecular flexibility index (Phi) is 9.09. The number of amides is 1. The minimum absolute atomic E-state index is 0.0155. The van der Waals surface area contributed by atoms with Gasteiger partial charge < -0.3 is 19.6 Å². The molecule has 1 fully saturated rings. The number of aromatic nitrogens is 2. The van der Waals surface area contributed by atoms with Gasteiger partial charge in [0.15, 0.2) is 0 Å². The van der Waals surface area contributed by atoms with Gasteiger partial charge in [-0.15, -0.1) is 0 Å². The second-order valence-corrected chi connectivity index (χ2v) is 12.7. The number of anilines is 2. The minimum Gasteiger partial charge on any atom is -0.350 e. The average Bonchev–Trinajstić information content (AvgIpc) is 2.97. The Labute approximate surface area is 264 Å². The van der Waals surface area contributed by atoms with Crippen LogP contribution in [0.1, 0.15) is 56.1 Å². The molecule has 2 atom stereocenters. The van der Waals surface area contributed by atoms with E-state index in [-0.39, 0.29) is 23.9 Å². The predicted octanol–water partition coefficient (Wildman–Crippen LogP) is 6.39. The molecule has 3 aromatic rings. The number of nitrogens with zero attached hydrogens (tertiary/aromatic N) is 7. The van der Waals surface area contributed by atoms with Crippen LogP contribution in [-0.2, 0) is 11.3 Å². The smallest absolute Gasteiger partial charge is 0.246 e. The van der Waals surface area contributed by atoms with Crippen LogP contribution in [-0.4, -0.2) is 82.3 Å². The molecule has 2 aliphatic rings. The zero-order valence-electron chi connectivity index (χ0n) is 26.6. The molecule has 1 aromatic carbocycles. The summed E-state index contributed by atoms with van der Waals surface area (Å²) in [6, 6.07) is 10.5. The summed E-state index contributed by atoms with van der Waals surface area (Å²) in [5, 5.41) is 0.338. The van der Waals surface area contributed by atoms with Gasteiger partial charge in [-0.25, -0.2) is 14.4 Å². The normalized spacial score (nSPS) is 18.5. The zero-order chi connectivity index (χ0) is 31.9. The van der Waals surface area contributed by atoms with Crippen molar-refractivity contribution in [2.24, 2.45) is 4.99 Å². The number of hydrogen-bond acceptors (Lipinski definition) is 7. The van der Waals surface area contributed by atoms with Crippen molar-refractivity contribution < 1.29 is 9.18 Å². The van der Waals surface area contributed by atoms with E-state index in [0.29, 0.717) is 41.9 Å². The molecule has 0 radical (unpaired) electrons. The van der Waals surface area contributed by atoms with Crippen molar-refractivity contribution in [3.8, 4) is 11.3 Å². The Morgan fingerprint density at radius 3 is 2.52 bits per heavy atom. The standard InChI is InChI=1S/C34H41ClFN7O/c1-9-29(44)41-16-23(6)42(17-22(41)5)33-26-15-27(35)31(25-12-10-11-13-28(25)36)39-34(26)43(19-37-33)32-21(4)14-24(18-40(7)8)38-30(32)20(2)3/h9-15,20,22-23H,1,16-19H2,2-8H3/t22-,23+/m1/s1. The highest BCUT2D eigenvalue weighted by Gasteiger charge is 2.37. The number of halogens is 2. The summed E-state index contributed by atoms with van der Waals surface area (Å²) >= 11 is 6.89. The van der Waals surface area contributed by atoms with Crippen LogP contribution in [0.2, 0.25) is 5.02 Å². The van der Waals surface area contributed by atoms with Crippen LogP contribution in [0, 0.1) is 12.7 Å². The van der Waals surface area contributed by atoms with Crippen molar-refractivity contribution in [3.05, 3.63) is 82.4 Å². The van der Waals surface area contributed by atoms with E-state index in [0.717, 1.165) is 40.6 Å². The Morgan fingerprint density at radius 1 is 1.14 bits per heavy atom. The second-order valence-electron chi connectivity index (χ2n) is 12.3. The predicted molar refractivity (Wildman–Crippen MR) is 176 cm³/mol. The van der Waals surface area contributed by atoms with Crippen LogP contribution in [0.15, 0.2) is 54.0 Å². The first-order valence-electron chi connectivity index (χ1n) is 15.0. The van der Waals surface area contributed by atoms with Crippen molar-refractivity contribution >= 4 is 34.8 Å². The number of rotatable bonds is 6. The van der Waals surface area contributed by atoms with Crippen LogP contribution in [0.4, 0.5) is 15.9 Å². The van der Waals surface area contributed by atoms with Crippen molar-refractivity contribution in [1.29, 1.82) is 0 Å². The lowest BCUT2D eigenvalue weighted by Gasteiger charge is -2.46. The van der Waals surface area contributed by atoms with E-state index in [2.05, 4.69) is 55.0 Å². The number of carbonyl (C=O) groups is 1. The van der Waals surface area contributed by atoms with Crippen LogP contribution >= 0.6 is 11.6 Å². The Balaban J connectivity index is 1.68. The maximum atomic E-state index is 15.1. The molecular formula is C34H41ClFN7O. The van der Waals surface area contributed by atoms with Gasteiger partial charge in [0.05, 0.1) is 33.4 Å². The molecule has 4 heterocycles. The molecule has 0 aliphatic carbocycles. The Hall–Kier alpha value is -3.82. The Bertz CT molecular complexity index is 1620. The van der Waals surface area contributed by atoms with Gasteiger partial charge in [-0.2, -0.15) is 0 Å². The summed E-state index contributed by atoms with van der Waals surface area (Å²) < 4.78 is 15.1. The lowest BCUT2D eigenvalue weighted by molar-refractivity contribution is -0.130. The number of benzene rings is 1. The first-order chi connectivity index (χ1) is 20.9. The van der Waals surface area contributed by atoms with Crippen LogP contribution in [0.25, 0.3) is 11.3 Å². The highest BCUT2D eigenvalue weighted by atomic mass is 35.5. The summed E-state index contributed by atoms with van der Waals surface area (Å²) in [4.78, 5) is 36.1. The first-order valence-corrected chi connectivity index (χ1v) is 15.4. The van der Waals surface area contributed by atoms with Gasteiger partial charge in [0.1, 0.15) is 24.1 Å². The third kappa shape index (κ3) is 5.95. The number of piperazine rings is 1. The number of aryl methyl sites for hydroxylation is 1. The second kappa shape index (κ2) is 12.7. The molecule has 1 saturated heterocycles. The van der Waals surface area contributed by atoms with Crippen molar-refractivity contribution in [2.45, 2.75) is 59.2 Å². The Morgan fingerprint density at radius 2 is 1.86 bits per heavy atom. The van der Waals surface area contributed by atoms with Crippen LogP contribution in [0.5, 0.6) is 0 Å². The number of amidine groups is 1. The van der Waals surface area contributed by atoms with Gasteiger partial charge in [-0.1, -0.05) is 44.2 Å². The molecule has 8 nitrogen and oxygen atoms in total. The summed E-state index contributed by atoms with van der Waals surface area (Å²) in [5.41, 5.74) is 5.43. The summed E-state index contributed by atoms with van der Waals surface area (Å²) in [6.07, 6.45) is 1.37. The third-order valence-corrected chi connectivity index (χ3v) is 8.51. The van der Waals surface area contributed by atoms with Crippen molar-refractivity contribution in [2.75, 3.05) is 38.8 Å². The van der Waals surface area contributed by atoms with E-state index in [9.17, 15) is 4.79 Å². The van der Waals surface area contributed by atoms with E-state index in [4.69, 9.17) is 26.6 Å². The molecule has 2 aromatic heterocycles. The van der Waals surface area contributed by atoms with Gasteiger partial charge in [0, 0.05) is 37.3 Å². The summed E-state index contributed by atoms with van der Waals surface area (Å²) in [7, 11) is 4.06. The number of aliphatic imine (C=N–C) groups is 1. The van der Waals surface area contributed by atoms with Crippen LogP contribution < -0.4 is 4.90 Å². The highest BCUT2D eigenvalue weighted by Crippen LogP contribution is 2.41. The van der Waals surface area contributed by atoms with E-state index in [1.54, 1.807) is 18.2 Å². The van der Waals surface area contributed by atoms with Crippen molar-refractivity contribution in [3.63, 3.8) is 0 Å². The van der Waals surface area contributed by atoms with Crippen LogP contribution in [0.3, 0.4) is 0 Å². The third-order valence-electron chi connectivity index (χ3n) is 8.22. The van der Waals surface area contributed by atoms with Gasteiger partial charge in [0.2, 0.25) is 5.91 Å². The summed E-state index contributed by atoms with van der Waals surface area (Å²) in [6.45, 7) is 16.3. The topological polar surface area (TPSA) is 68.2 Å². The molecule has 5 rings (SSSR count). The molecule has 0 saturated carbocycles. The van der Waals surface area contributed by atoms with E-state index >= 15 is 4.39 Å². The zero-order valence-corrected chi connectivity index (χ0v) is 27.4. The van der Waals surface area contributed by atoms with Gasteiger partial charge in [-0.05, 0) is 76.7 Å². The summed E-state index contributed by atoms with van der Waals surface area (Å²) in [5.74, 6) is 1.07. The van der Waals surface area contributed by atoms with E-state index in [1.165, 1.54) is 12.1 Å². The number of fused-ring (bicyclic) bond motifs is 1. The van der Waals surface area contributed by atoms with E-state index < -0.39 is 5.82 Å². The lowest BCUT2D eigenvalue weighted by atomic mass is 10.00. The molecule has 232 valence electrons. The monoisotopic (exact) mass is 617 g/mol. The maximum absolute atomic E-state index is 15.1. The van der Waals surface area contributed by atoms with Crippen molar-refractivity contribution in [1.82, 2.24) is 24.7 Å². The largest absolute Gasteiger partial charge is 0.350 e. The first kappa shape index (κ1) is 31.6. The van der Waals surface area contributed by atoms with E-state index in [1.807, 2.05) is 32.0 Å². The molecule has 0 N–H and O–H groups in total. The molecule has 2 aliphatic heterocycles. The maximum Gasteiger partial charge on any atom is 0.246 e. The highest BCUT2D eigenvalue weighted by molar-refractivity contribution is 6.33. The number of pyridine rings is 2. The SMILES string of the molecule is C=CC(=O)N1C[C@H](C)N(C2=NCN(c3c(C)cc(CN(C)C)nc3C(C)C)c3nc(-c4ccccc4F)c(Cl)cc32)C[C@H]1C. The molecular weight excluding hydrogens is 577 g/mol. The fourth-order valence-electron chi connectivity index (χ4n) is 6.17. The molecule has 0 spiro atoms. The van der Waals surface area contributed by atoms with Gasteiger partial charge in [0.25, 0.3) is 0 Å². The molecule has 10 heteroatoms. The molecule has 1 amide bonds. The average molecular weight is 618 g/mol.